The molecule has 1 amide bonds. The van der Waals surface area contributed by atoms with Crippen molar-refractivity contribution in [2.45, 2.75) is 6.92 Å². The fourth-order valence-corrected chi connectivity index (χ4v) is 1.89. The van der Waals surface area contributed by atoms with E-state index in [2.05, 4.69) is 5.32 Å². The molecule has 0 radical (unpaired) electrons. The molecule has 0 saturated carbocycles. The lowest BCUT2D eigenvalue weighted by atomic mass is 10.1. The fourth-order valence-electron chi connectivity index (χ4n) is 1.89. The van der Waals surface area contributed by atoms with Crippen molar-refractivity contribution in [3.63, 3.8) is 0 Å². The minimum atomic E-state index is -0.289. The molecule has 0 bridgehead atoms. The van der Waals surface area contributed by atoms with E-state index < -0.39 is 0 Å². The van der Waals surface area contributed by atoms with Crippen LogP contribution in [-0.4, -0.2) is 30.8 Å². The van der Waals surface area contributed by atoms with Gasteiger partial charge in [-0.15, -0.1) is 0 Å². The molecule has 19 heavy (non-hydrogen) atoms. The molecule has 0 fully saturated rings. The Morgan fingerprint density at radius 1 is 1.26 bits per heavy atom. The van der Waals surface area contributed by atoms with Crippen molar-refractivity contribution in [2.75, 3.05) is 19.8 Å². The molecular weight excluding hydrogens is 242 g/mol. The van der Waals surface area contributed by atoms with E-state index in [0.29, 0.717) is 19.8 Å². The summed E-state index contributed by atoms with van der Waals surface area (Å²) in [5, 5.41) is 14.4. The number of benzene rings is 2. The van der Waals surface area contributed by atoms with Crippen LogP contribution in [0.25, 0.3) is 10.8 Å². The Balaban J connectivity index is 2.15. The van der Waals surface area contributed by atoms with Crippen LogP contribution >= 0.6 is 0 Å². The summed E-state index contributed by atoms with van der Waals surface area (Å²) in [5.74, 6) is -0.296. The summed E-state index contributed by atoms with van der Waals surface area (Å²) < 4.78 is 5.14. The topological polar surface area (TPSA) is 58.6 Å². The maximum Gasteiger partial charge on any atom is 0.255 e. The smallest absolute Gasteiger partial charge is 0.255 e. The predicted molar refractivity (Wildman–Crippen MR) is 74.4 cm³/mol. The number of phenolic OH excluding ortho intramolecular Hbond substituents is 1. The van der Waals surface area contributed by atoms with Crippen LogP contribution in [0.15, 0.2) is 36.4 Å². The van der Waals surface area contributed by atoms with E-state index in [1.165, 1.54) is 0 Å². The number of ether oxygens (including phenoxy) is 1. The number of aromatic hydroxyl groups is 1. The van der Waals surface area contributed by atoms with Crippen molar-refractivity contribution < 1.29 is 14.6 Å². The molecule has 0 spiro atoms. The van der Waals surface area contributed by atoms with E-state index in [4.69, 9.17) is 4.74 Å². The average Bonchev–Trinajstić information content (AvgIpc) is 2.42. The van der Waals surface area contributed by atoms with Crippen LogP contribution in [-0.2, 0) is 4.74 Å². The van der Waals surface area contributed by atoms with Crippen LogP contribution < -0.4 is 5.32 Å². The molecule has 2 rings (SSSR count). The summed E-state index contributed by atoms with van der Waals surface area (Å²) in [7, 11) is 0. The zero-order valence-electron chi connectivity index (χ0n) is 10.8. The van der Waals surface area contributed by atoms with Gasteiger partial charge in [-0.25, -0.2) is 0 Å². The Labute approximate surface area is 112 Å². The van der Waals surface area contributed by atoms with Crippen molar-refractivity contribution in [2.24, 2.45) is 0 Å². The summed E-state index contributed by atoms with van der Waals surface area (Å²) >= 11 is 0. The fraction of sp³-hybridized carbons (Fsp3) is 0.267. The van der Waals surface area contributed by atoms with E-state index in [0.717, 1.165) is 10.8 Å². The third-order valence-corrected chi connectivity index (χ3v) is 2.84. The minimum Gasteiger partial charge on any atom is -0.507 e. The summed E-state index contributed by atoms with van der Waals surface area (Å²) in [6, 6.07) is 10.9. The maximum absolute atomic E-state index is 11.9. The molecule has 2 aromatic carbocycles. The number of carbonyl (C=O) groups excluding carboxylic acids is 1. The third-order valence-electron chi connectivity index (χ3n) is 2.84. The van der Waals surface area contributed by atoms with Crippen LogP contribution in [0.4, 0.5) is 0 Å². The molecule has 2 aromatic rings. The molecule has 0 aliphatic heterocycles. The van der Waals surface area contributed by atoms with Crippen LogP contribution in [0, 0.1) is 0 Å². The molecule has 0 atom stereocenters. The third kappa shape index (κ3) is 3.23. The van der Waals surface area contributed by atoms with E-state index in [9.17, 15) is 9.90 Å². The summed E-state index contributed by atoms with van der Waals surface area (Å²) in [6.45, 7) is 3.42. The van der Waals surface area contributed by atoms with Crippen LogP contribution in [0.3, 0.4) is 0 Å². The highest BCUT2D eigenvalue weighted by atomic mass is 16.5. The maximum atomic E-state index is 11.9. The second-order valence-electron chi connectivity index (χ2n) is 4.17. The van der Waals surface area contributed by atoms with Gasteiger partial charge in [-0.2, -0.15) is 0 Å². The van der Waals surface area contributed by atoms with Crippen molar-refractivity contribution in [1.82, 2.24) is 5.32 Å². The molecule has 100 valence electrons. The second kappa shape index (κ2) is 6.20. The van der Waals surface area contributed by atoms with Gasteiger partial charge in [0, 0.05) is 13.2 Å². The highest BCUT2D eigenvalue weighted by Crippen LogP contribution is 2.24. The Kier molecular flexibility index (Phi) is 4.36. The number of rotatable bonds is 5. The zero-order valence-corrected chi connectivity index (χ0v) is 10.8. The van der Waals surface area contributed by atoms with Crippen LogP contribution in [0.2, 0.25) is 0 Å². The van der Waals surface area contributed by atoms with Gasteiger partial charge in [0.25, 0.3) is 5.91 Å². The molecule has 0 heterocycles. The minimum absolute atomic E-state index is 0.00684. The Bertz CT molecular complexity index is 581. The van der Waals surface area contributed by atoms with Gasteiger partial charge in [-0.05, 0) is 29.8 Å². The van der Waals surface area contributed by atoms with Crippen molar-refractivity contribution >= 4 is 16.7 Å². The van der Waals surface area contributed by atoms with Gasteiger partial charge in [0.1, 0.15) is 5.75 Å². The number of carbonyl (C=O) groups is 1. The molecule has 0 aliphatic carbocycles. The monoisotopic (exact) mass is 259 g/mol. The van der Waals surface area contributed by atoms with Crippen LogP contribution in [0.5, 0.6) is 5.75 Å². The molecular formula is C15H17NO3. The SMILES string of the molecule is CCOCCNC(=O)c1cc2ccccc2cc1O. The first-order chi connectivity index (χ1) is 9.22. The lowest BCUT2D eigenvalue weighted by molar-refractivity contribution is 0.0920. The van der Waals surface area contributed by atoms with Gasteiger partial charge in [-0.1, -0.05) is 24.3 Å². The largest absolute Gasteiger partial charge is 0.507 e. The van der Waals surface area contributed by atoms with Crippen molar-refractivity contribution in [1.29, 1.82) is 0 Å². The molecule has 0 aromatic heterocycles. The standard InChI is InChI=1S/C15H17NO3/c1-2-19-8-7-16-15(18)13-9-11-5-3-4-6-12(11)10-14(13)17/h3-6,9-10,17H,2,7-8H2,1H3,(H,16,18). The lowest BCUT2D eigenvalue weighted by Gasteiger charge is -2.08. The Morgan fingerprint density at radius 3 is 2.63 bits per heavy atom. The number of hydrogen-bond acceptors (Lipinski definition) is 3. The number of hydrogen-bond donors (Lipinski definition) is 2. The van der Waals surface area contributed by atoms with Crippen molar-refractivity contribution in [3.8, 4) is 5.75 Å². The molecule has 0 saturated heterocycles. The number of amides is 1. The highest BCUT2D eigenvalue weighted by Gasteiger charge is 2.11. The highest BCUT2D eigenvalue weighted by molar-refractivity contribution is 6.01. The van der Waals surface area contributed by atoms with E-state index >= 15 is 0 Å². The van der Waals surface area contributed by atoms with Gasteiger partial charge >= 0.3 is 0 Å². The number of fused-ring (bicyclic) bond motifs is 1. The summed E-state index contributed by atoms with van der Waals surface area (Å²) in [6.07, 6.45) is 0. The quantitative estimate of drug-likeness (QED) is 0.810. The molecule has 0 unspecified atom stereocenters. The van der Waals surface area contributed by atoms with E-state index in [-0.39, 0.29) is 17.2 Å². The lowest BCUT2D eigenvalue weighted by Crippen LogP contribution is -2.27. The van der Waals surface area contributed by atoms with Gasteiger partial charge < -0.3 is 15.2 Å². The van der Waals surface area contributed by atoms with Gasteiger partial charge in [0.15, 0.2) is 0 Å². The molecule has 2 N–H and O–H groups in total. The Morgan fingerprint density at radius 2 is 1.95 bits per heavy atom. The molecule has 4 heteroatoms. The number of phenols is 1. The predicted octanol–water partition coefficient (Wildman–Crippen LogP) is 2.31. The zero-order chi connectivity index (χ0) is 13.7. The molecule has 0 aliphatic rings. The average molecular weight is 259 g/mol. The van der Waals surface area contributed by atoms with E-state index in [1.807, 2.05) is 31.2 Å². The first kappa shape index (κ1) is 13.4. The summed E-state index contributed by atoms with van der Waals surface area (Å²) in [4.78, 5) is 11.9. The second-order valence-corrected chi connectivity index (χ2v) is 4.17. The van der Waals surface area contributed by atoms with Crippen LogP contribution in [0.1, 0.15) is 17.3 Å². The normalized spacial score (nSPS) is 10.6. The van der Waals surface area contributed by atoms with Gasteiger partial charge in [-0.3, -0.25) is 4.79 Å². The van der Waals surface area contributed by atoms with Gasteiger partial charge in [0.2, 0.25) is 0 Å². The first-order valence-corrected chi connectivity index (χ1v) is 6.30. The molecule has 4 nitrogen and oxygen atoms in total. The van der Waals surface area contributed by atoms with Crippen molar-refractivity contribution in [3.05, 3.63) is 42.0 Å². The number of nitrogens with one attached hydrogen (secondary N) is 1. The Hall–Kier alpha value is -2.07. The van der Waals surface area contributed by atoms with E-state index in [1.54, 1.807) is 12.1 Å². The summed E-state index contributed by atoms with van der Waals surface area (Å²) in [5.41, 5.74) is 0.287. The first-order valence-electron chi connectivity index (χ1n) is 6.30. The van der Waals surface area contributed by atoms with Gasteiger partial charge in [0.05, 0.1) is 12.2 Å².